The van der Waals surface area contributed by atoms with Gasteiger partial charge in [0.15, 0.2) is 0 Å². The number of hydrogen-bond acceptors (Lipinski definition) is 3. The van der Waals surface area contributed by atoms with Gasteiger partial charge in [-0.25, -0.2) is 0 Å². The maximum Gasteiger partial charge on any atom is 0.122 e. The zero-order valence-corrected chi connectivity index (χ0v) is 8.45. The lowest BCUT2D eigenvalue weighted by Crippen LogP contribution is -2.07. The molecule has 14 heavy (non-hydrogen) atoms. The van der Waals surface area contributed by atoms with Crippen molar-refractivity contribution in [3.05, 3.63) is 23.8 Å². The molecular weight excluding hydrogens is 176 g/mol. The summed E-state index contributed by atoms with van der Waals surface area (Å²) in [7, 11) is 0. The summed E-state index contributed by atoms with van der Waals surface area (Å²) in [6.45, 7) is 4.18. The topological polar surface area (TPSA) is 59.0 Å². The molecule has 0 saturated heterocycles. The molecule has 1 aromatic carbocycles. The lowest BCUT2D eigenvalue weighted by atomic mass is 10.2. The first-order valence-electron chi connectivity index (χ1n) is 4.52. The van der Waals surface area contributed by atoms with Crippen LogP contribution in [0, 0.1) is 24.2 Å². The number of nitriles is 1. The first-order valence-corrected chi connectivity index (χ1v) is 4.52. The van der Waals surface area contributed by atoms with E-state index in [1.54, 1.807) is 6.07 Å². The summed E-state index contributed by atoms with van der Waals surface area (Å²) in [4.78, 5) is 0. The van der Waals surface area contributed by atoms with E-state index in [1.165, 1.54) is 0 Å². The minimum absolute atomic E-state index is 0.0908. The van der Waals surface area contributed by atoms with Gasteiger partial charge < -0.3 is 10.5 Å². The fourth-order valence-electron chi connectivity index (χ4n) is 1.09. The van der Waals surface area contributed by atoms with Crippen molar-refractivity contribution in [3.63, 3.8) is 0 Å². The van der Waals surface area contributed by atoms with E-state index in [4.69, 9.17) is 15.7 Å². The first-order chi connectivity index (χ1) is 6.63. The Bertz CT molecular complexity index is 355. The zero-order chi connectivity index (χ0) is 10.6. The van der Waals surface area contributed by atoms with E-state index >= 15 is 0 Å². The molecule has 2 N–H and O–H groups in total. The summed E-state index contributed by atoms with van der Waals surface area (Å²) in [6.07, 6.45) is 0. The van der Waals surface area contributed by atoms with Gasteiger partial charge in [0.25, 0.3) is 0 Å². The molecule has 0 amide bonds. The highest BCUT2D eigenvalue weighted by Gasteiger charge is 2.03. The van der Waals surface area contributed by atoms with Gasteiger partial charge in [-0.15, -0.1) is 0 Å². The van der Waals surface area contributed by atoms with E-state index in [9.17, 15) is 0 Å². The number of ether oxygens (including phenoxy) is 1. The van der Waals surface area contributed by atoms with Crippen LogP contribution in [0.1, 0.15) is 12.5 Å². The maximum absolute atomic E-state index is 8.58. The Morgan fingerprint density at radius 3 is 2.86 bits per heavy atom. The molecule has 1 aromatic rings. The number of nitrogens with two attached hydrogens (primary N) is 1. The number of aryl methyl sites for hydroxylation is 1. The van der Waals surface area contributed by atoms with Crippen molar-refractivity contribution in [1.82, 2.24) is 0 Å². The second-order valence-electron chi connectivity index (χ2n) is 3.37. The molecule has 74 valence electrons. The van der Waals surface area contributed by atoms with E-state index < -0.39 is 0 Å². The molecule has 0 fully saturated rings. The SMILES string of the molecule is Cc1cc(N)ccc1OCC(C)C#N. The second kappa shape index (κ2) is 4.52. The molecule has 3 heteroatoms. The number of nitrogen functional groups attached to an aromatic ring is 1. The molecule has 0 aliphatic carbocycles. The van der Waals surface area contributed by atoms with Gasteiger partial charge in [0.05, 0.1) is 12.0 Å². The van der Waals surface area contributed by atoms with Gasteiger partial charge in [0.1, 0.15) is 12.4 Å². The van der Waals surface area contributed by atoms with E-state index in [0.29, 0.717) is 6.61 Å². The summed E-state index contributed by atoms with van der Waals surface area (Å²) in [6, 6.07) is 7.59. The third-order valence-electron chi connectivity index (χ3n) is 1.91. The Morgan fingerprint density at radius 1 is 1.57 bits per heavy atom. The third kappa shape index (κ3) is 2.67. The lowest BCUT2D eigenvalue weighted by Gasteiger charge is -2.10. The first kappa shape index (κ1) is 10.4. The van der Waals surface area contributed by atoms with Crippen LogP contribution in [0.25, 0.3) is 0 Å². The molecule has 0 aromatic heterocycles. The van der Waals surface area contributed by atoms with Gasteiger partial charge in [-0.2, -0.15) is 5.26 Å². The molecule has 1 unspecified atom stereocenters. The highest BCUT2D eigenvalue weighted by Crippen LogP contribution is 2.20. The van der Waals surface area contributed by atoms with Crippen LogP contribution in [0.2, 0.25) is 0 Å². The van der Waals surface area contributed by atoms with Crippen molar-refractivity contribution in [2.24, 2.45) is 5.92 Å². The van der Waals surface area contributed by atoms with Crippen LogP contribution in [0.5, 0.6) is 5.75 Å². The number of nitrogens with zero attached hydrogens (tertiary/aromatic N) is 1. The van der Waals surface area contributed by atoms with Gasteiger partial charge in [-0.3, -0.25) is 0 Å². The minimum Gasteiger partial charge on any atom is -0.492 e. The molecule has 1 rings (SSSR count). The van der Waals surface area contributed by atoms with Crippen LogP contribution >= 0.6 is 0 Å². The van der Waals surface area contributed by atoms with Crippen molar-refractivity contribution in [1.29, 1.82) is 5.26 Å². The minimum atomic E-state index is -0.0908. The largest absolute Gasteiger partial charge is 0.492 e. The number of rotatable bonds is 3. The van der Waals surface area contributed by atoms with Crippen molar-refractivity contribution in [3.8, 4) is 11.8 Å². The van der Waals surface area contributed by atoms with Gasteiger partial charge in [-0.1, -0.05) is 0 Å². The lowest BCUT2D eigenvalue weighted by molar-refractivity contribution is 0.286. The fourth-order valence-corrected chi connectivity index (χ4v) is 1.09. The van der Waals surface area contributed by atoms with Crippen LogP contribution in [0.15, 0.2) is 18.2 Å². The smallest absolute Gasteiger partial charge is 0.122 e. The molecule has 0 spiro atoms. The molecular formula is C11H14N2O. The molecule has 0 aliphatic rings. The van der Waals surface area contributed by atoms with Gasteiger partial charge >= 0.3 is 0 Å². The zero-order valence-electron chi connectivity index (χ0n) is 8.45. The number of benzene rings is 1. The maximum atomic E-state index is 8.58. The Balaban J connectivity index is 2.64. The van der Waals surface area contributed by atoms with Crippen LogP contribution < -0.4 is 10.5 Å². The molecule has 1 atom stereocenters. The Morgan fingerprint density at radius 2 is 2.29 bits per heavy atom. The monoisotopic (exact) mass is 190 g/mol. The quantitative estimate of drug-likeness (QED) is 0.742. The van der Waals surface area contributed by atoms with E-state index in [0.717, 1.165) is 17.0 Å². The van der Waals surface area contributed by atoms with Crippen molar-refractivity contribution >= 4 is 5.69 Å². The van der Waals surface area contributed by atoms with Crippen molar-refractivity contribution < 1.29 is 4.74 Å². The second-order valence-corrected chi connectivity index (χ2v) is 3.37. The fraction of sp³-hybridized carbons (Fsp3) is 0.364. The highest BCUT2D eigenvalue weighted by molar-refractivity contribution is 5.47. The number of anilines is 1. The predicted octanol–water partition coefficient (Wildman–Crippen LogP) is 2.12. The van der Waals surface area contributed by atoms with Crippen LogP contribution in [0.3, 0.4) is 0 Å². The molecule has 0 saturated carbocycles. The average molecular weight is 190 g/mol. The van der Waals surface area contributed by atoms with E-state index in [1.807, 2.05) is 26.0 Å². The van der Waals surface area contributed by atoms with Gasteiger partial charge in [-0.05, 0) is 37.6 Å². The van der Waals surface area contributed by atoms with Crippen molar-refractivity contribution in [2.45, 2.75) is 13.8 Å². The van der Waals surface area contributed by atoms with Gasteiger partial charge in [0, 0.05) is 5.69 Å². The Hall–Kier alpha value is -1.69. The molecule has 0 radical (unpaired) electrons. The van der Waals surface area contributed by atoms with Crippen molar-refractivity contribution in [2.75, 3.05) is 12.3 Å². The molecule has 0 aliphatic heterocycles. The summed E-state index contributed by atoms with van der Waals surface area (Å²) >= 11 is 0. The third-order valence-corrected chi connectivity index (χ3v) is 1.91. The molecule has 0 heterocycles. The van der Waals surface area contributed by atoms with E-state index in [-0.39, 0.29) is 5.92 Å². The molecule has 3 nitrogen and oxygen atoms in total. The summed E-state index contributed by atoms with van der Waals surface area (Å²) in [5.41, 5.74) is 7.32. The normalized spacial score (nSPS) is 11.8. The van der Waals surface area contributed by atoms with Gasteiger partial charge in [0.2, 0.25) is 0 Å². The number of hydrogen-bond donors (Lipinski definition) is 1. The predicted molar refractivity (Wildman–Crippen MR) is 55.9 cm³/mol. The highest BCUT2D eigenvalue weighted by atomic mass is 16.5. The standard InChI is InChI=1S/C11H14N2O/c1-8(6-12)7-14-11-4-3-10(13)5-9(11)2/h3-5,8H,7,13H2,1-2H3. The average Bonchev–Trinajstić information content (AvgIpc) is 2.16. The summed E-state index contributed by atoms with van der Waals surface area (Å²) in [5.74, 6) is 0.702. The Labute approximate surface area is 84.1 Å². The van der Waals surface area contributed by atoms with E-state index in [2.05, 4.69) is 6.07 Å². The van der Waals surface area contributed by atoms with Crippen LogP contribution in [-0.2, 0) is 0 Å². The summed E-state index contributed by atoms with van der Waals surface area (Å²) < 4.78 is 5.47. The van der Waals surface area contributed by atoms with Crippen LogP contribution in [0.4, 0.5) is 5.69 Å². The Kier molecular flexibility index (Phi) is 3.35. The van der Waals surface area contributed by atoms with Crippen LogP contribution in [-0.4, -0.2) is 6.61 Å². The summed E-state index contributed by atoms with van der Waals surface area (Å²) in [5, 5.41) is 8.58. The molecule has 0 bridgehead atoms.